The summed E-state index contributed by atoms with van der Waals surface area (Å²) in [6.07, 6.45) is 0. The van der Waals surface area contributed by atoms with E-state index in [1.54, 1.807) is 19.1 Å². The molecule has 6 nitrogen and oxygen atoms in total. The monoisotopic (exact) mass is 413 g/mol. The number of carbonyl (C=O) groups is 1. The van der Waals surface area contributed by atoms with E-state index >= 15 is 0 Å². The summed E-state index contributed by atoms with van der Waals surface area (Å²) in [6.45, 7) is 3.86. The Hall–Kier alpha value is -2.90. The number of carbonyl (C=O) groups excluding carboxylic acids is 1. The van der Waals surface area contributed by atoms with Crippen LogP contribution in [0.3, 0.4) is 0 Å². The fraction of sp³-hybridized carbons (Fsp3) is 0.150. The molecular weight excluding hydrogens is 398 g/mol. The van der Waals surface area contributed by atoms with Crippen molar-refractivity contribution < 1.29 is 14.1 Å². The number of rotatable bonds is 5. The molecule has 0 bridgehead atoms. The molecule has 0 fully saturated rings. The highest BCUT2D eigenvalue weighted by Crippen LogP contribution is 2.28. The maximum Gasteiger partial charge on any atom is 0.280 e. The molecule has 142 valence electrons. The Morgan fingerprint density at radius 2 is 2.07 bits per heavy atom. The number of thiazole rings is 1. The van der Waals surface area contributed by atoms with E-state index in [0.717, 1.165) is 15.8 Å². The van der Waals surface area contributed by atoms with E-state index in [2.05, 4.69) is 15.5 Å². The second kappa shape index (κ2) is 7.61. The van der Waals surface area contributed by atoms with Gasteiger partial charge in [-0.2, -0.15) is 0 Å². The number of halogens is 1. The molecule has 4 aromatic rings. The van der Waals surface area contributed by atoms with Crippen molar-refractivity contribution >= 4 is 44.2 Å². The molecule has 0 aliphatic rings. The van der Waals surface area contributed by atoms with E-state index in [-0.39, 0.29) is 12.3 Å². The average Bonchev–Trinajstić information content (AvgIpc) is 3.23. The van der Waals surface area contributed by atoms with Crippen LogP contribution in [0.2, 0.25) is 5.02 Å². The third-order valence-corrected chi connectivity index (χ3v) is 5.42. The smallest absolute Gasteiger partial charge is 0.280 e. The molecule has 1 N–H and O–H groups in total. The average molecular weight is 414 g/mol. The van der Waals surface area contributed by atoms with Crippen LogP contribution in [0.1, 0.15) is 27.4 Å². The van der Waals surface area contributed by atoms with Gasteiger partial charge in [-0.25, -0.2) is 4.98 Å². The summed E-state index contributed by atoms with van der Waals surface area (Å²) in [5, 5.41) is 7.68. The van der Waals surface area contributed by atoms with E-state index < -0.39 is 5.91 Å². The highest BCUT2D eigenvalue weighted by molar-refractivity contribution is 7.22. The summed E-state index contributed by atoms with van der Waals surface area (Å²) in [6, 6.07) is 13.1. The van der Waals surface area contributed by atoms with Crippen LogP contribution in [-0.2, 0) is 6.61 Å². The number of aryl methyl sites for hydroxylation is 2. The molecule has 2 aromatic heterocycles. The number of hydrogen-bond acceptors (Lipinski definition) is 6. The van der Waals surface area contributed by atoms with Crippen molar-refractivity contribution in [2.45, 2.75) is 20.5 Å². The lowest BCUT2D eigenvalue weighted by molar-refractivity contribution is 0.101. The molecule has 1 amide bonds. The standard InChI is InChI=1S/C20H16ClN3O3S/c1-11-7-8-15-17(9-11)28-20(22-15)23-19(25)18-13(12(2)27-24-18)10-26-16-6-4-3-5-14(16)21/h3-9H,10H2,1-2H3,(H,22,23,25). The summed E-state index contributed by atoms with van der Waals surface area (Å²) in [4.78, 5) is 17.2. The first-order chi connectivity index (χ1) is 13.5. The Balaban J connectivity index is 1.53. The van der Waals surface area contributed by atoms with Gasteiger partial charge < -0.3 is 9.26 Å². The first-order valence-electron chi connectivity index (χ1n) is 8.52. The number of fused-ring (bicyclic) bond motifs is 1. The Kier molecular flexibility index (Phi) is 5.02. The first-order valence-corrected chi connectivity index (χ1v) is 9.72. The fourth-order valence-corrected chi connectivity index (χ4v) is 3.84. The number of nitrogens with zero attached hydrogens (tertiary/aromatic N) is 2. The SMILES string of the molecule is Cc1ccc2nc(NC(=O)c3noc(C)c3COc3ccccc3Cl)sc2c1. The lowest BCUT2D eigenvalue weighted by Crippen LogP contribution is -2.15. The third kappa shape index (κ3) is 3.72. The first kappa shape index (κ1) is 18.5. The van der Waals surface area contributed by atoms with Crippen LogP contribution in [0.15, 0.2) is 47.0 Å². The van der Waals surface area contributed by atoms with Gasteiger partial charge in [0.2, 0.25) is 0 Å². The van der Waals surface area contributed by atoms with E-state index in [1.807, 2.05) is 37.3 Å². The van der Waals surface area contributed by atoms with E-state index in [1.165, 1.54) is 11.3 Å². The number of hydrogen-bond donors (Lipinski definition) is 1. The Morgan fingerprint density at radius 3 is 2.89 bits per heavy atom. The molecule has 0 spiro atoms. The third-order valence-electron chi connectivity index (χ3n) is 4.17. The topological polar surface area (TPSA) is 77.3 Å². The van der Waals surface area contributed by atoms with Crippen LogP contribution in [0.5, 0.6) is 5.75 Å². The van der Waals surface area contributed by atoms with Gasteiger partial charge in [0.05, 0.1) is 20.8 Å². The quantitative estimate of drug-likeness (QED) is 0.475. The van der Waals surface area contributed by atoms with Gasteiger partial charge in [-0.15, -0.1) is 0 Å². The Bertz CT molecular complexity index is 1170. The molecule has 4 rings (SSSR count). The zero-order valence-corrected chi connectivity index (χ0v) is 16.7. The van der Waals surface area contributed by atoms with Crippen molar-refractivity contribution in [3.05, 3.63) is 70.1 Å². The second-order valence-corrected chi connectivity index (χ2v) is 7.67. The number of ether oxygens (including phenoxy) is 1. The fourth-order valence-electron chi connectivity index (χ4n) is 2.69. The summed E-state index contributed by atoms with van der Waals surface area (Å²) < 4.78 is 12.0. The largest absolute Gasteiger partial charge is 0.487 e. The maximum atomic E-state index is 12.7. The van der Waals surface area contributed by atoms with Gasteiger partial charge in [0, 0.05) is 0 Å². The van der Waals surface area contributed by atoms with E-state index in [4.69, 9.17) is 20.9 Å². The highest BCUT2D eigenvalue weighted by Gasteiger charge is 2.22. The van der Waals surface area contributed by atoms with Crippen LogP contribution in [0, 0.1) is 13.8 Å². The number of aromatic nitrogens is 2. The van der Waals surface area contributed by atoms with Crippen molar-refractivity contribution in [2.24, 2.45) is 0 Å². The minimum absolute atomic E-state index is 0.112. The van der Waals surface area contributed by atoms with E-state index in [0.29, 0.717) is 27.2 Å². The van der Waals surface area contributed by atoms with Crippen LogP contribution in [0.4, 0.5) is 5.13 Å². The number of benzene rings is 2. The number of para-hydroxylation sites is 1. The maximum absolute atomic E-state index is 12.7. The zero-order valence-electron chi connectivity index (χ0n) is 15.2. The minimum atomic E-state index is -0.398. The van der Waals surface area contributed by atoms with Crippen molar-refractivity contribution in [1.82, 2.24) is 10.1 Å². The zero-order chi connectivity index (χ0) is 19.7. The van der Waals surface area contributed by atoms with E-state index in [9.17, 15) is 4.79 Å². The molecule has 0 saturated carbocycles. The lowest BCUT2D eigenvalue weighted by atomic mass is 10.2. The molecule has 8 heteroatoms. The van der Waals surface area contributed by atoms with Gasteiger partial charge in [-0.3, -0.25) is 10.1 Å². The molecule has 28 heavy (non-hydrogen) atoms. The molecule has 2 aromatic carbocycles. The number of nitrogens with one attached hydrogen (secondary N) is 1. The van der Waals surface area contributed by atoms with Crippen molar-refractivity contribution in [2.75, 3.05) is 5.32 Å². The van der Waals surface area contributed by atoms with Crippen molar-refractivity contribution in [3.8, 4) is 5.75 Å². The molecule has 0 unspecified atom stereocenters. The molecule has 0 aliphatic carbocycles. The normalized spacial score (nSPS) is 11.0. The Labute approximate surface area is 170 Å². The molecule has 0 saturated heterocycles. The molecule has 0 radical (unpaired) electrons. The number of amides is 1. The van der Waals surface area contributed by atoms with Crippen molar-refractivity contribution in [1.29, 1.82) is 0 Å². The molecule has 0 atom stereocenters. The van der Waals surface area contributed by atoms with Crippen LogP contribution >= 0.6 is 22.9 Å². The van der Waals surface area contributed by atoms with Crippen LogP contribution < -0.4 is 10.1 Å². The number of anilines is 1. The predicted molar refractivity (Wildman–Crippen MR) is 109 cm³/mol. The van der Waals surface area contributed by atoms with Crippen LogP contribution in [0.25, 0.3) is 10.2 Å². The van der Waals surface area contributed by atoms with Crippen molar-refractivity contribution in [3.63, 3.8) is 0 Å². The molecule has 0 aliphatic heterocycles. The van der Waals surface area contributed by atoms with Gasteiger partial charge in [-0.1, -0.05) is 46.3 Å². The molecule has 2 heterocycles. The summed E-state index contributed by atoms with van der Waals surface area (Å²) >= 11 is 7.52. The highest BCUT2D eigenvalue weighted by atomic mass is 35.5. The minimum Gasteiger partial charge on any atom is -0.487 e. The molecular formula is C20H16ClN3O3S. The van der Waals surface area contributed by atoms with Gasteiger partial charge in [0.25, 0.3) is 5.91 Å². The van der Waals surface area contributed by atoms with Gasteiger partial charge >= 0.3 is 0 Å². The second-order valence-electron chi connectivity index (χ2n) is 6.23. The lowest BCUT2D eigenvalue weighted by Gasteiger charge is -2.08. The summed E-state index contributed by atoms with van der Waals surface area (Å²) in [5.74, 6) is 0.639. The summed E-state index contributed by atoms with van der Waals surface area (Å²) in [5.41, 5.74) is 2.71. The van der Waals surface area contributed by atoms with Gasteiger partial charge in [0.15, 0.2) is 10.8 Å². The van der Waals surface area contributed by atoms with Crippen LogP contribution in [-0.4, -0.2) is 16.0 Å². The van der Waals surface area contributed by atoms with Gasteiger partial charge in [0.1, 0.15) is 18.1 Å². The predicted octanol–water partition coefficient (Wildman–Crippen LogP) is 5.39. The summed E-state index contributed by atoms with van der Waals surface area (Å²) in [7, 11) is 0. The Morgan fingerprint density at radius 1 is 1.25 bits per heavy atom. The van der Waals surface area contributed by atoms with Gasteiger partial charge in [-0.05, 0) is 43.7 Å².